The van der Waals surface area contributed by atoms with E-state index < -0.39 is 0 Å². The van der Waals surface area contributed by atoms with Gasteiger partial charge in [0.2, 0.25) is 10.1 Å². The van der Waals surface area contributed by atoms with Crippen LogP contribution in [0, 0.1) is 12.8 Å². The number of Topliss-reactive ketones (excluding diaryl/α,β-unsaturated/α-hetero) is 1. The van der Waals surface area contributed by atoms with Crippen LogP contribution in [-0.2, 0) is 0 Å². The third kappa shape index (κ3) is 3.03. The minimum absolute atomic E-state index is 0.0371. The van der Waals surface area contributed by atoms with Crippen LogP contribution in [0.1, 0.15) is 28.9 Å². The van der Waals surface area contributed by atoms with Crippen molar-refractivity contribution in [1.29, 1.82) is 0 Å². The summed E-state index contributed by atoms with van der Waals surface area (Å²) in [5, 5.41) is 5.59. The average molecular weight is 384 g/mol. The molecule has 0 atom stereocenters. The van der Waals surface area contributed by atoms with Gasteiger partial charge in [0, 0.05) is 24.6 Å². The van der Waals surface area contributed by atoms with Gasteiger partial charge in [-0.25, -0.2) is 9.50 Å². The fourth-order valence-electron chi connectivity index (χ4n) is 3.69. The number of benzene rings is 1. The standard InChI is InChI=1S/C19H20N4O3S/c1-12-11-23-18(20-12)27-19(21-23)22-6-4-13(5-7-22)17(24)14-2-3-15-16(10-14)26-9-8-25-15/h2-3,10-11,13H,4-9H2,1H3. The molecule has 0 unspecified atom stereocenters. The molecule has 8 heteroatoms. The molecule has 0 N–H and O–H groups in total. The first kappa shape index (κ1) is 16.6. The van der Waals surface area contributed by atoms with Crippen molar-refractivity contribution >= 4 is 27.2 Å². The Morgan fingerprint density at radius 2 is 1.96 bits per heavy atom. The van der Waals surface area contributed by atoms with E-state index in [0.717, 1.165) is 47.5 Å². The zero-order chi connectivity index (χ0) is 18.4. The molecule has 0 radical (unpaired) electrons. The number of hydrogen-bond donors (Lipinski definition) is 0. The van der Waals surface area contributed by atoms with Crippen molar-refractivity contribution in [2.45, 2.75) is 19.8 Å². The van der Waals surface area contributed by atoms with Crippen LogP contribution < -0.4 is 14.4 Å². The fraction of sp³-hybridized carbons (Fsp3) is 0.421. The van der Waals surface area contributed by atoms with Crippen LogP contribution in [0.2, 0.25) is 0 Å². The Bertz CT molecular complexity index is 972. The highest BCUT2D eigenvalue weighted by molar-refractivity contribution is 7.20. The summed E-state index contributed by atoms with van der Waals surface area (Å²) in [6.07, 6.45) is 3.59. The van der Waals surface area contributed by atoms with Gasteiger partial charge in [0.1, 0.15) is 13.2 Å². The summed E-state index contributed by atoms with van der Waals surface area (Å²) in [5.74, 6) is 1.62. The number of fused-ring (bicyclic) bond motifs is 2. The lowest BCUT2D eigenvalue weighted by Gasteiger charge is -2.30. The number of hydrogen-bond acceptors (Lipinski definition) is 7. The van der Waals surface area contributed by atoms with E-state index in [4.69, 9.17) is 9.47 Å². The molecule has 140 valence electrons. The third-order valence-corrected chi connectivity index (χ3v) is 6.10. The van der Waals surface area contributed by atoms with E-state index >= 15 is 0 Å². The van der Waals surface area contributed by atoms with E-state index in [1.807, 2.05) is 35.8 Å². The van der Waals surface area contributed by atoms with Crippen LogP contribution in [-0.4, -0.2) is 46.7 Å². The van der Waals surface area contributed by atoms with Crippen molar-refractivity contribution in [2.75, 3.05) is 31.2 Å². The molecular weight excluding hydrogens is 364 g/mol. The molecule has 2 aliphatic rings. The van der Waals surface area contributed by atoms with Crippen molar-refractivity contribution in [1.82, 2.24) is 14.6 Å². The topological polar surface area (TPSA) is 69.0 Å². The number of anilines is 1. The number of aromatic nitrogens is 3. The van der Waals surface area contributed by atoms with Gasteiger partial charge in [0.15, 0.2) is 17.3 Å². The minimum Gasteiger partial charge on any atom is -0.486 e. The van der Waals surface area contributed by atoms with Gasteiger partial charge < -0.3 is 14.4 Å². The number of ether oxygens (including phenoxy) is 2. The molecule has 0 aliphatic carbocycles. The number of aryl methyl sites for hydroxylation is 1. The second-order valence-corrected chi connectivity index (χ2v) is 7.91. The van der Waals surface area contributed by atoms with Gasteiger partial charge in [-0.2, -0.15) is 0 Å². The molecule has 27 heavy (non-hydrogen) atoms. The SMILES string of the molecule is Cc1cn2nc(N3CCC(C(=O)c4ccc5c(c4)OCCO5)CC3)sc2n1. The van der Waals surface area contributed by atoms with Crippen molar-refractivity contribution in [3.63, 3.8) is 0 Å². The minimum atomic E-state index is 0.0371. The van der Waals surface area contributed by atoms with E-state index in [0.29, 0.717) is 24.5 Å². The normalized spacial score (nSPS) is 17.4. The summed E-state index contributed by atoms with van der Waals surface area (Å²) >= 11 is 1.60. The molecule has 3 aromatic rings. The summed E-state index contributed by atoms with van der Waals surface area (Å²) in [4.78, 5) is 20.6. The number of ketones is 1. The van der Waals surface area contributed by atoms with Crippen molar-refractivity contribution < 1.29 is 14.3 Å². The van der Waals surface area contributed by atoms with Crippen LogP contribution in [0.3, 0.4) is 0 Å². The van der Waals surface area contributed by atoms with E-state index in [9.17, 15) is 4.79 Å². The van der Waals surface area contributed by atoms with Crippen molar-refractivity contribution in [2.24, 2.45) is 5.92 Å². The number of nitrogens with zero attached hydrogens (tertiary/aromatic N) is 4. The highest BCUT2D eigenvalue weighted by atomic mass is 32.1. The van der Waals surface area contributed by atoms with Crippen LogP contribution in [0.5, 0.6) is 11.5 Å². The Morgan fingerprint density at radius 1 is 1.19 bits per heavy atom. The number of imidazole rings is 1. The molecular formula is C19H20N4O3S. The van der Waals surface area contributed by atoms with E-state index in [2.05, 4.69) is 15.0 Å². The van der Waals surface area contributed by atoms with Crippen LogP contribution in [0.25, 0.3) is 4.96 Å². The number of carbonyl (C=O) groups excluding carboxylic acids is 1. The van der Waals surface area contributed by atoms with E-state index in [-0.39, 0.29) is 11.7 Å². The Balaban J connectivity index is 1.27. The first-order chi connectivity index (χ1) is 13.2. The molecule has 0 amide bonds. The summed E-state index contributed by atoms with van der Waals surface area (Å²) in [7, 11) is 0. The molecule has 4 heterocycles. The fourth-order valence-corrected chi connectivity index (χ4v) is 4.67. The maximum absolute atomic E-state index is 12.9. The predicted molar refractivity (Wildman–Crippen MR) is 102 cm³/mol. The van der Waals surface area contributed by atoms with Gasteiger partial charge in [-0.3, -0.25) is 4.79 Å². The summed E-state index contributed by atoms with van der Waals surface area (Å²) in [6, 6.07) is 5.51. The highest BCUT2D eigenvalue weighted by Gasteiger charge is 2.28. The zero-order valence-electron chi connectivity index (χ0n) is 15.1. The molecule has 2 aliphatic heterocycles. The molecule has 1 saturated heterocycles. The number of piperidine rings is 1. The smallest absolute Gasteiger partial charge is 0.214 e. The van der Waals surface area contributed by atoms with Crippen LogP contribution in [0.4, 0.5) is 5.13 Å². The lowest BCUT2D eigenvalue weighted by molar-refractivity contribution is 0.0899. The molecule has 7 nitrogen and oxygen atoms in total. The zero-order valence-corrected chi connectivity index (χ0v) is 15.9. The monoisotopic (exact) mass is 384 g/mol. The van der Waals surface area contributed by atoms with Gasteiger partial charge in [0.25, 0.3) is 0 Å². The van der Waals surface area contributed by atoms with E-state index in [1.54, 1.807) is 11.3 Å². The molecule has 5 rings (SSSR count). The maximum Gasteiger partial charge on any atom is 0.214 e. The lowest BCUT2D eigenvalue weighted by atomic mass is 9.89. The highest BCUT2D eigenvalue weighted by Crippen LogP contribution is 2.33. The quantitative estimate of drug-likeness (QED) is 0.647. The average Bonchev–Trinajstić information content (AvgIpc) is 3.24. The lowest BCUT2D eigenvalue weighted by Crippen LogP contribution is -2.36. The van der Waals surface area contributed by atoms with Gasteiger partial charge in [-0.1, -0.05) is 11.3 Å². The Morgan fingerprint density at radius 3 is 2.74 bits per heavy atom. The number of carbonyl (C=O) groups is 1. The Kier molecular flexibility index (Phi) is 4.00. The van der Waals surface area contributed by atoms with Crippen LogP contribution >= 0.6 is 11.3 Å². The van der Waals surface area contributed by atoms with Crippen molar-refractivity contribution in [3.8, 4) is 11.5 Å². The maximum atomic E-state index is 12.9. The van der Waals surface area contributed by atoms with Gasteiger partial charge in [-0.15, -0.1) is 5.10 Å². The first-order valence-electron chi connectivity index (χ1n) is 9.19. The third-order valence-electron chi connectivity index (χ3n) is 5.12. The molecule has 0 bridgehead atoms. The largest absolute Gasteiger partial charge is 0.486 e. The molecule has 0 saturated carbocycles. The summed E-state index contributed by atoms with van der Waals surface area (Å²) < 4.78 is 13.0. The second-order valence-electron chi connectivity index (χ2n) is 6.98. The molecule has 0 spiro atoms. The van der Waals surface area contributed by atoms with Gasteiger partial charge in [-0.05, 0) is 38.0 Å². The molecule has 2 aromatic heterocycles. The Labute approximate surface area is 160 Å². The van der Waals surface area contributed by atoms with E-state index in [1.165, 1.54) is 0 Å². The van der Waals surface area contributed by atoms with Gasteiger partial charge in [0.05, 0.1) is 11.9 Å². The summed E-state index contributed by atoms with van der Waals surface area (Å²) in [6.45, 7) is 4.71. The summed E-state index contributed by atoms with van der Waals surface area (Å²) in [5.41, 5.74) is 1.69. The predicted octanol–water partition coefficient (Wildman–Crippen LogP) is 2.97. The van der Waals surface area contributed by atoms with Crippen molar-refractivity contribution in [3.05, 3.63) is 35.7 Å². The van der Waals surface area contributed by atoms with Gasteiger partial charge >= 0.3 is 0 Å². The second kappa shape index (κ2) is 6.53. The molecule has 1 aromatic carbocycles. The Hall–Kier alpha value is -2.61. The molecule has 1 fully saturated rings. The first-order valence-corrected chi connectivity index (χ1v) is 10.0. The van der Waals surface area contributed by atoms with Crippen LogP contribution in [0.15, 0.2) is 24.4 Å². The number of rotatable bonds is 3.